The minimum absolute atomic E-state index is 0.462. The van der Waals surface area contributed by atoms with Crippen molar-refractivity contribution in [3.8, 4) is 0 Å². The molecule has 0 unspecified atom stereocenters. The van der Waals surface area contributed by atoms with Crippen molar-refractivity contribution >= 4 is 17.3 Å². The molecule has 0 aromatic carbocycles. The number of carbonyl (C=O) groups is 1. The number of rotatable bonds is 3. The average molecular weight is 317 g/mol. The van der Waals surface area contributed by atoms with Gasteiger partial charge in [0.1, 0.15) is 4.88 Å². The summed E-state index contributed by atoms with van der Waals surface area (Å²) < 4.78 is 2.15. The Bertz CT molecular complexity index is 696. The molecule has 2 aliphatic rings. The van der Waals surface area contributed by atoms with Crippen LogP contribution >= 0.6 is 11.3 Å². The molecule has 0 saturated heterocycles. The summed E-state index contributed by atoms with van der Waals surface area (Å²) in [6.07, 6.45) is 4.58. The van der Waals surface area contributed by atoms with Crippen LogP contribution in [0.3, 0.4) is 0 Å². The molecule has 0 atom stereocenters. The van der Waals surface area contributed by atoms with Crippen LogP contribution in [0.1, 0.15) is 44.3 Å². The molecular weight excluding hydrogens is 298 g/mol. The molecule has 4 heterocycles. The van der Waals surface area contributed by atoms with Crippen LogP contribution in [-0.4, -0.2) is 32.3 Å². The lowest BCUT2D eigenvalue weighted by molar-refractivity contribution is 0.0702. The van der Waals surface area contributed by atoms with Gasteiger partial charge >= 0.3 is 5.97 Å². The Labute approximate surface area is 133 Å². The number of thiophene rings is 1. The second-order valence-electron chi connectivity index (χ2n) is 6.13. The van der Waals surface area contributed by atoms with E-state index in [-0.39, 0.29) is 0 Å². The van der Waals surface area contributed by atoms with Crippen molar-refractivity contribution < 1.29 is 9.90 Å². The van der Waals surface area contributed by atoms with Gasteiger partial charge in [-0.05, 0) is 43.4 Å². The van der Waals surface area contributed by atoms with Gasteiger partial charge in [-0.2, -0.15) is 5.10 Å². The molecule has 0 fully saturated rings. The van der Waals surface area contributed by atoms with Gasteiger partial charge in [0.05, 0.1) is 5.69 Å². The Balaban J connectivity index is 1.48. The van der Waals surface area contributed by atoms with Gasteiger partial charge in [0.2, 0.25) is 0 Å². The summed E-state index contributed by atoms with van der Waals surface area (Å²) in [4.78, 5) is 15.1. The smallest absolute Gasteiger partial charge is 0.345 e. The van der Waals surface area contributed by atoms with Crippen LogP contribution in [-0.2, 0) is 32.5 Å². The van der Waals surface area contributed by atoms with E-state index in [0.29, 0.717) is 4.88 Å². The number of fused-ring (bicyclic) bond motifs is 2. The number of hydrogen-bond donors (Lipinski definition) is 1. The van der Waals surface area contributed by atoms with Crippen molar-refractivity contribution in [2.75, 3.05) is 6.54 Å². The minimum Gasteiger partial charge on any atom is -0.477 e. The molecule has 1 N–H and O–H groups in total. The van der Waals surface area contributed by atoms with E-state index in [1.54, 1.807) is 0 Å². The van der Waals surface area contributed by atoms with E-state index in [2.05, 4.69) is 15.6 Å². The number of aryl methyl sites for hydroxylation is 2. The highest BCUT2D eigenvalue weighted by molar-refractivity contribution is 7.14. The van der Waals surface area contributed by atoms with Gasteiger partial charge in [0.15, 0.2) is 0 Å². The second kappa shape index (κ2) is 5.52. The van der Waals surface area contributed by atoms with Gasteiger partial charge in [-0.3, -0.25) is 9.58 Å². The van der Waals surface area contributed by atoms with E-state index in [4.69, 9.17) is 10.2 Å². The lowest BCUT2D eigenvalue weighted by Gasteiger charge is -2.25. The normalized spacial score (nSPS) is 18.0. The molecule has 0 amide bonds. The maximum Gasteiger partial charge on any atom is 0.345 e. The first-order valence-corrected chi connectivity index (χ1v) is 8.63. The quantitative estimate of drug-likeness (QED) is 0.945. The molecular formula is C16H19N3O2S. The van der Waals surface area contributed by atoms with E-state index in [1.165, 1.54) is 40.3 Å². The number of aromatic nitrogens is 2. The van der Waals surface area contributed by atoms with Crippen molar-refractivity contribution in [1.82, 2.24) is 14.7 Å². The summed E-state index contributed by atoms with van der Waals surface area (Å²) >= 11 is 1.42. The van der Waals surface area contributed by atoms with Crippen molar-refractivity contribution in [1.29, 1.82) is 0 Å². The standard InChI is InChI=1S/C16H19N3O2S/c20-16(21)14-7-11-4-6-18(10-15(11)22-14)9-12-8-13-3-1-2-5-19(13)17-12/h7-8H,1-6,9-10H2,(H,20,21). The van der Waals surface area contributed by atoms with Crippen molar-refractivity contribution in [3.63, 3.8) is 0 Å². The zero-order valence-electron chi connectivity index (χ0n) is 12.4. The largest absolute Gasteiger partial charge is 0.477 e. The molecule has 2 aliphatic heterocycles. The third-order valence-electron chi connectivity index (χ3n) is 4.52. The molecule has 0 bridgehead atoms. The van der Waals surface area contributed by atoms with E-state index in [1.807, 2.05) is 6.07 Å². The molecule has 116 valence electrons. The zero-order valence-corrected chi connectivity index (χ0v) is 13.2. The predicted molar refractivity (Wildman–Crippen MR) is 84.3 cm³/mol. The topological polar surface area (TPSA) is 58.4 Å². The maximum absolute atomic E-state index is 11.1. The van der Waals surface area contributed by atoms with E-state index >= 15 is 0 Å². The summed E-state index contributed by atoms with van der Waals surface area (Å²) in [7, 11) is 0. The fraction of sp³-hybridized carbons (Fsp3) is 0.500. The Morgan fingerprint density at radius 1 is 1.27 bits per heavy atom. The van der Waals surface area contributed by atoms with Gasteiger partial charge in [-0.1, -0.05) is 0 Å². The lowest BCUT2D eigenvalue weighted by Crippen LogP contribution is -2.29. The molecule has 0 radical (unpaired) electrons. The van der Waals surface area contributed by atoms with Gasteiger partial charge in [0, 0.05) is 36.8 Å². The Morgan fingerprint density at radius 3 is 3.00 bits per heavy atom. The molecule has 0 saturated carbocycles. The fourth-order valence-electron chi connectivity index (χ4n) is 3.40. The minimum atomic E-state index is -0.812. The van der Waals surface area contributed by atoms with Crippen LogP contribution in [0.25, 0.3) is 0 Å². The molecule has 22 heavy (non-hydrogen) atoms. The van der Waals surface area contributed by atoms with Crippen LogP contribution in [0.2, 0.25) is 0 Å². The van der Waals surface area contributed by atoms with E-state index < -0.39 is 5.97 Å². The summed E-state index contributed by atoms with van der Waals surface area (Å²) in [6, 6.07) is 4.08. The first-order valence-electron chi connectivity index (χ1n) is 7.82. The molecule has 0 spiro atoms. The van der Waals surface area contributed by atoms with Crippen LogP contribution in [0.4, 0.5) is 0 Å². The van der Waals surface area contributed by atoms with Gasteiger partial charge in [-0.25, -0.2) is 4.79 Å². The highest BCUT2D eigenvalue weighted by atomic mass is 32.1. The van der Waals surface area contributed by atoms with E-state index in [0.717, 1.165) is 44.7 Å². The number of carboxylic acid groups (broad SMARTS) is 1. The van der Waals surface area contributed by atoms with Gasteiger partial charge in [0.25, 0.3) is 0 Å². The molecule has 4 rings (SSSR count). The third-order valence-corrected chi connectivity index (χ3v) is 5.67. The third kappa shape index (κ3) is 2.57. The number of carboxylic acids is 1. The molecule has 5 nitrogen and oxygen atoms in total. The highest BCUT2D eigenvalue weighted by Gasteiger charge is 2.22. The van der Waals surface area contributed by atoms with Crippen LogP contribution < -0.4 is 0 Å². The molecule has 0 aliphatic carbocycles. The molecule has 2 aromatic rings. The Morgan fingerprint density at radius 2 is 2.18 bits per heavy atom. The SMILES string of the molecule is O=C(O)c1cc2c(s1)CN(Cc1cc3n(n1)CCCC3)CC2. The Kier molecular flexibility index (Phi) is 3.50. The van der Waals surface area contributed by atoms with Gasteiger partial charge < -0.3 is 5.11 Å². The first kappa shape index (κ1) is 14.0. The highest BCUT2D eigenvalue weighted by Crippen LogP contribution is 2.29. The van der Waals surface area contributed by atoms with Crippen LogP contribution in [0, 0.1) is 0 Å². The summed E-state index contributed by atoms with van der Waals surface area (Å²) in [5.41, 5.74) is 3.72. The Hall–Kier alpha value is -1.66. The first-order chi connectivity index (χ1) is 10.7. The monoisotopic (exact) mass is 317 g/mol. The summed E-state index contributed by atoms with van der Waals surface area (Å²) in [5, 5.41) is 13.8. The van der Waals surface area contributed by atoms with Crippen molar-refractivity contribution in [2.45, 2.75) is 45.3 Å². The van der Waals surface area contributed by atoms with E-state index in [9.17, 15) is 4.79 Å². The maximum atomic E-state index is 11.1. The lowest BCUT2D eigenvalue weighted by atomic mass is 10.1. The van der Waals surface area contributed by atoms with Crippen LogP contribution in [0.15, 0.2) is 12.1 Å². The van der Waals surface area contributed by atoms with Crippen molar-refractivity contribution in [2.24, 2.45) is 0 Å². The summed E-state index contributed by atoms with van der Waals surface area (Å²) in [6.45, 7) is 3.73. The van der Waals surface area contributed by atoms with Crippen LogP contribution in [0.5, 0.6) is 0 Å². The average Bonchev–Trinajstić information content (AvgIpc) is 3.09. The zero-order chi connectivity index (χ0) is 15.1. The summed E-state index contributed by atoms with van der Waals surface area (Å²) in [5.74, 6) is -0.812. The fourth-order valence-corrected chi connectivity index (χ4v) is 4.49. The van der Waals surface area contributed by atoms with Gasteiger partial charge in [-0.15, -0.1) is 11.3 Å². The number of nitrogens with zero attached hydrogens (tertiary/aromatic N) is 3. The number of hydrogen-bond acceptors (Lipinski definition) is 4. The van der Waals surface area contributed by atoms with Crippen molar-refractivity contribution in [3.05, 3.63) is 38.8 Å². The second-order valence-corrected chi connectivity index (χ2v) is 7.27. The number of aromatic carboxylic acids is 1. The predicted octanol–water partition coefficient (Wildman–Crippen LogP) is 2.54. The molecule has 2 aromatic heterocycles. The molecule has 6 heteroatoms.